The number of aromatic nitrogens is 1. The minimum absolute atomic E-state index is 0.0568. The first-order valence-electron chi connectivity index (χ1n) is 9.03. The number of pyridine rings is 1. The number of carbonyl (C=O) groups is 1. The van der Waals surface area contributed by atoms with Crippen molar-refractivity contribution in [2.45, 2.75) is 13.8 Å². The van der Waals surface area contributed by atoms with Gasteiger partial charge in [-0.05, 0) is 11.5 Å². The molecule has 1 aromatic heterocycles. The van der Waals surface area contributed by atoms with E-state index < -0.39 is 0 Å². The lowest BCUT2D eigenvalue weighted by Gasteiger charge is -2.37. The number of morpholine rings is 1. The minimum Gasteiger partial charge on any atom is -0.379 e. The molecule has 1 fully saturated rings. The number of ether oxygens (including phenoxy) is 1. The monoisotopic (exact) mass is 357 g/mol. The molecular formula is C20H27N3O3. The molecule has 1 aliphatic heterocycles. The maximum atomic E-state index is 13.0. The van der Waals surface area contributed by atoms with Gasteiger partial charge in [0.1, 0.15) is 0 Å². The van der Waals surface area contributed by atoms with E-state index in [0.717, 1.165) is 38.2 Å². The molecule has 140 valence electrons. The van der Waals surface area contributed by atoms with E-state index in [1.807, 2.05) is 24.3 Å². The van der Waals surface area contributed by atoms with Crippen molar-refractivity contribution in [2.24, 2.45) is 5.41 Å². The number of nitrogens with one attached hydrogen (secondary N) is 1. The van der Waals surface area contributed by atoms with Gasteiger partial charge in [0.05, 0.1) is 18.8 Å². The van der Waals surface area contributed by atoms with Crippen LogP contribution in [0.2, 0.25) is 0 Å². The third-order valence-corrected chi connectivity index (χ3v) is 4.75. The summed E-state index contributed by atoms with van der Waals surface area (Å²) in [5, 5.41) is 0.773. The fraction of sp³-hybridized carbons (Fsp3) is 0.500. The van der Waals surface area contributed by atoms with Gasteiger partial charge in [0.15, 0.2) is 0 Å². The van der Waals surface area contributed by atoms with Crippen molar-refractivity contribution in [1.82, 2.24) is 14.8 Å². The summed E-state index contributed by atoms with van der Waals surface area (Å²) in [4.78, 5) is 31.8. The number of benzene rings is 1. The molecule has 3 rings (SSSR count). The normalized spacial score (nSPS) is 16.0. The fourth-order valence-corrected chi connectivity index (χ4v) is 3.72. The van der Waals surface area contributed by atoms with Crippen LogP contribution >= 0.6 is 0 Å². The Balaban J connectivity index is 1.76. The third kappa shape index (κ3) is 4.31. The summed E-state index contributed by atoms with van der Waals surface area (Å²) in [5.41, 5.74) is 0.824. The Morgan fingerprint density at radius 1 is 1.27 bits per heavy atom. The molecule has 0 atom stereocenters. The Kier molecular flexibility index (Phi) is 5.44. The zero-order valence-corrected chi connectivity index (χ0v) is 15.7. The number of amides is 1. The molecule has 1 N–H and O–H groups in total. The van der Waals surface area contributed by atoms with Crippen molar-refractivity contribution >= 4 is 16.8 Å². The number of H-pyrrole nitrogens is 1. The van der Waals surface area contributed by atoms with E-state index in [1.165, 1.54) is 6.07 Å². The van der Waals surface area contributed by atoms with Gasteiger partial charge < -0.3 is 14.6 Å². The van der Waals surface area contributed by atoms with Crippen molar-refractivity contribution in [3.63, 3.8) is 0 Å². The molecule has 0 spiro atoms. The van der Waals surface area contributed by atoms with Gasteiger partial charge in [-0.2, -0.15) is 0 Å². The predicted octanol–water partition coefficient (Wildman–Crippen LogP) is 1.96. The number of carbonyl (C=O) groups excluding carboxylic acids is 1. The maximum absolute atomic E-state index is 13.0. The zero-order chi connectivity index (χ0) is 18.7. The zero-order valence-electron chi connectivity index (χ0n) is 15.7. The molecule has 6 nitrogen and oxygen atoms in total. The molecule has 0 saturated carbocycles. The van der Waals surface area contributed by atoms with E-state index in [-0.39, 0.29) is 16.9 Å². The van der Waals surface area contributed by atoms with Crippen LogP contribution in [0.4, 0.5) is 0 Å². The van der Waals surface area contributed by atoms with Crippen molar-refractivity contribution in [3.8, 4) is 0 Å². The number of fused-ring (bicyclic) bond motifs is 1. The van der Waals surface area contributed by atoms with E-state index in [9.17, 15) is 9.59 Å². The van der Waals surface area contributed by atoms with E-state index in [1.54, 1.807) is 11.9 Å². The van der Waals surface area contributed by atoms with Gasteiger partial charge in [-0.1, -0.05) is 32.0 Å². The molecule has 2 aromatic rings. The molecule has 0 aliphatic carbocycles. The van der Waals surface area contributed by atoms with Gasteiger partial charge in [-0.15, -0.1) is 0 Å². The Hall–Kier alpha value is -2.18. The molecule has 0 bridgehead atoms. The number of aromatic amines is 1. The second-order valence-electron chi connectivity index (χ2n) is 7.81. The average molecular weight is 357 g/mol. The molecular weight excluding hydrogens is 330 g/mol. The molecule has 0 radical (unpaired) electrons. The van der Waals surface area contributed by atoms with Crippen LogP contribution in [0.1, 0.15) is 24.2 Å². The second kappa shape index (κ2) is 7.60. The van der Waals surface area contributed by atoms with Crippen molar-refractivity contribution < 1.29 is 9.53 Å². The standard InChI is InChI=1S/C20H27N3O3/c1-20(2,14-23-8-10-26-11-9-23)13-22(3)19(25)16-12-18(24)21-17-7-5-4-6-15(16)17/h4-7,12H,8-11,13-14H2,1-3H3,(H,21,24). The van der Waals surface area contributed by atoms with E-state index >= 15 is 0 Å². The topological polar surface area (TPSA) is 65.6 Å². The SMILES string of the molecule is CN(CC(C)(C)CN1CCOCC1)C(=O)c1cc(=O)[nH]c2ccccc12. The third-order valence-electron chi connectivity index (χ3n) is 4.75. The first kappa shape index (κ1) is 18.6. The van der Waals surface area contributed by atoms with Gasteiger partial charge in [-0.25, -0.2) is 0 Å². The molecule has 26 heavy (non-hydrogen) atoms. The average Bonchev–Trinajstić information content (AvgIpc) is 2.60. The highest BCUT2D eigenvalue weighted by Crippen LogP contribution is 2.22. The van der Waals surface area contributed by atoms with Crippen LogP contribution in [0.15, 0.2) is 35.1 Å². The highest BCUT2D eigenvalue weighted by molar-refractivity contribution is 6.05. The number of hydrogen-bond donors (Lipinski definition) is 1. The maximum Gasteiger partial charge on any atom is 0.254 e. The number of nitrogens with zero attached hydrogens (tertiary/aromatic N) is 2. The number of para-hydroxylation sites is 1. The summed E-state index contributed by atoms with van der Waals surface area (Å²) in [6.45, 7) is 9.26. The Bertz CT molecular complexity index is 838. The van der Waals surface area contributed by atoms with Crippen molar-refractivity contribution in [1.29, 1.82) is 0 Å². The number of rotatable bonds is 5. The summed E-state index contributed by atoms with van der Waals surface area (Å²) in [5.74, 6) is -0.123. The first-order chi connectivity index (χ1) is 12.4. The van der Waals surface area contributed by atoms with Crippen LogP contribution in [-0.4, -0.2) is 67.1 Å². The summed E-state index contributed by atoms with van der Waals surface area (Å²) >= 11 is 0. The molecule has 2 heterocycles. The van der Waals surface area contributed by atoms with Gasteiger partial charge >= 0.3 is 0 Å². The van der Waals surface area contributed by atoms with Crippen LogP contribution in [0.3, 0.4) is 0 Å². The Morgan fingerprint density at radius 3 is 2.69 bits per heavy atom. The van der Waals surface area contributed by atoms with E-state index in [4.69, 9.17) is 4.74 Å². The second-order valence-corrected chi connectivity index (χ2v) is 7.81. The predicted molar refractivity (Wildman–Crippen MR) is 103 cm³/mol. The van der Waals surface area contributed by atoms with Crippen LogP contribution in [-0.2, 0) is 4.74 Å². The van der Waals surface area contributed by atoms with Gasteiger partial charge in [0.2, 0.25) is 5.56 Å². The summed E-state index contributed by atoms with van der Waals surface area (Å²) < 4.78 is 5.40. The van der Waals surface area contributed by atoms with Crippen molar-refractivity contribution in [2.75, 3.05) is 46.4 Å². The summed E-state index contributed by atoms with van der Waals surface area (Å²) in [6, 6.07) is 8.80. The molecule has 0 unspecified atom stereocenters. The summed E-state index contributed by atoms with van der Waals surface area (Å²) in [6.07, 6.45) is 0. The van der Waals surface area contributed by atoms with Crippen LogP contribution in [0.25, 0.3) is 10.9 Å². The Morgan fingerprint density at radius 2 is 1.96 bits per heavy atom. The molecule has 1 saturated heterocycles. The lowest BCUT2D eigenvalue weighted by molar-refractivity contribution is 0.0163. The van der Waals surface area contributed by atoms with Crippen LogP contribution in [0.5, 0.6) is 0 Å². The molecule has 1 amide bonds. The minimum atomic E-state index is -0.256. The largest absolute Gasteiger partial charge is 0.379 e. The fourth-order valence-electron chi connectivity index (χ4n) is 3.72. The van der Waals surface area contributed by atoms with Gasteiger partial charge in [-0.3, -0.25) is 14.5 Å². The van der Waals surface area contributed by atoms with Gasteiger partial charge in [0, 0.05) is 50.2 Å². The smallest absolute Gasteiger partial charge is 0.254 e. The van der Waals surface area contributed by atoms with E-state index in [0.29, 0.717) is 17.6 Å². The van der Waals surface area contributed by atoms with Crippen molar-refractivity contribution in [3.05, 3.63) is 46.2 Å². The summed E-state index contributed by atoms with van der Waals surface area (Å²) in [7, 11) is 1.80. The lowest BCUT2D eigenvalue weighted by atomic mass is 9.91. The Labute approximate surface area is 153 Å². The number of hydrogen-bond acceptors (Lipinski definition) is 4. The van der Waals surface area contributed by atoms with Crippen LogP contribution in [0, 0.1) is 5.41 Å². The molecule has 1 aromatic carbocycles. The quantitative estimate of drug-likeness (QED) is 0.888. The lowest BCUT2D eigenvalue weighted by Crippen LogP contribution is -2.46. The highest BCUT2D eigenvalue weighted by Gasteiger charge is 2.27. The van der Waals surface area contributed by atoms with E-state index in [2.05, 4.69) is 23.7 Å². The van der Waals surface area contributed by atoms with Gasteiger partial charge in [0.25, 0.3) is 5.91 Å². The highest BCUT2D eigenvalue weighted by atomic mass is 16.5. The molecule has 1 aliphatic rings. The van der Waals surface area contributed by atoms with Crippen LogP contribution < -0.4 is 5.56 Å². The first-order valence-corrected chi connectivity index (χ1v) is 9.03. The molecule has 6 heteroatoms.